The molecule has 3 rings (SSSR count). The normalized spacial score (nSPS) is 27.8. The topological polar surface area (TPSA) is 50.5 Å². The number of benzene rings is 1. The Hall–Kier alpha value is -1.10. The molecule has 1 saturated heterocycles. The second-order valence-corrected chi connectivity index (χ2v) is 5.14. The van der Waals surface area contributed by atoms with Crippen molar-refractivity contribution in [2.75, 3.05) is 32.7 Å². The van der Waals surface area contributed by atoms with Gasteiger partial charge in [0.2, 0.25) is 0 Å². The van der Waals surface area contributed by atoms with Crippen LogP contribution in [0.3, 0.4) is 0 Å². The lowest BCUT2D eigenvalue weighted by Crippen LogP contribution is -2.56. The zero-order valence-electron chi connectivity index (χ0n) is 10.6. The van der Waals surface area contributed by atoms with E-state index in [0.717, 1.165) is 38.3 Å². The molecular weight excluding hydrogens is 226 g/mol. The SMILES string of the molecule is NCC1CNCCN1CC1Cc2ccccc2O1. The lowest BCUT2D eigenvalue weighted by Gasteiger charge is -2.36. The van der Waals surface area contributed by atoms with Crippen LogP contribution in [0.15, 0.2) is 24.3 Å². The Morgan fingerprint density at radius 3 is 3.11 bits per heavy atom. The maximum Gasteiger partial charge on any atom is 0.123 e. The predicted octanol–water partition coefficient (Wildman–Crippen LogP) is 0.223. The van der Waals surface area contributed by atoms with Crippen LogP contribution >= 0.6 is 0 Å². The number of nitrogens with two attached hydrogens (primary N) is 1. The minimum atomic E-state index is 0.287. The van der Waals surface area contributed by atoms with E-state index in [4.69, 9.17) is 10.5 Å². The zero-order chi connectivity index (χ0) is 12.4. The quantitative estimate of drug-likeness (QED) is 0.802. The van der Waals surface area contributed by atoms with Gasteiger partial charge in [0.25, 0.3) is 0 Å². The molecule has 0 bridgehead atoms. The van der Waals surface area contributed by atoms with Gasteiger partial charge < -0.3 is 15.8 Å². The molecule has 18 heavy (non-hydrogen) atoms. The molecule has 1 fully saturated rings. The van der Waals surface area contributed by atoms with E-state index >= 15 is 0 Å². The summed E-state index contributed by atoms with van der Waals surface area (Å²) in [5.41, 5.74) is 7.16. The number of nitrogens with zero attached hydrogens (tertiary/aromatic N) is 1. The summed E-state index contributed by atoms with van der Waals surface area (Å²) in [6.07, 6.45) is 1.31. The van der Waals surface area contributed by atoms with Crippen molar-refractivity contribution in [2.45, 2.75) is 18.6 Å². The number of nitrogens with one attached hydrogen (secondary N) is 1. The molecule has 4 heteroatoms. The highest BCUT2D eigenvalue weighted by molar-refractivity contribution is 5.37. The van der Waals surface area contributed by atoms with Crippen LogP contribution in [0.4, 0.5) is 0 Å². The molecule has 1 aromatic carbocycles. The highest BCUT2D eigenvalue weighted by Gasteiger charge is 2.28. The Labute approximate surface area is 108 Å². The van der Waals surface area contributed by atoms with Crippen LogP contribution in [0, 0.1) is 0 Å². The second-order valence-electron chi connectivity index (χ2n) is 5.14. The van der Waals surface area contributed by atoms with E-state index in [2.05, 4.69) is 28.4 Å². The van der Waals surface area contributed by atoms with Gasteiger partial charge in [-0.25, -0.2) is 0 Å². The van der Waals surface area contributed by atoms with Gasteiger partial charge in [0.05, 0.1) is 0 Å². The monoisotopic (exact) mass is 247 g/mol. The van der Waals surface area contributed by atoms with Crippen LogP contribution in [0.25, 0.3) is 0 Å². The standard InChI is InChI=1S/C14H21N3O/c15-8-12-9-16-5-6-17(12)10-13-7-11-3-1-2-4-14(11)18-13/h1-4,12-13,16H,5-10,15H2. The lowest BCUT2D eigenvalue weighted by atomic mass is 10.1. The first kappa shape index (κ1) is 12.0. The van der Waals surface area contributed by atoms with E-state index in [1.807, 2.05) is 6.07 Å². The molecule has 2 atom stereocenters. The summed E-state index contributed by atoms with van der Waals surface area (Å²) in [5, 5.41) is 3.40. The van der Waals surface area contributed by atoms with Gasteiger partial charge in [0.15, 0.2) is 0 Å². The molecule has 4 nitrogen and oxygen atoms in total. The second kappa shape index (κ2) is 5.26. The Bertz CT molecular complexity index is 385. The van der Waals surface area contributed by atoms with E-state index in [1.54, 1.807) is 0 Å². The molecule has 3 N–H and O–H groups in total. The van der Waals surface area contributed by atoms with Crippen molar-refractivity contribution in [3.05, 3.63) is 29.8 Å². The summed E-state index contributed by atoms with van der Waals surface area (Å²) < 4.78 is 6.00. The van der Waals surface area contributed by atoms with Gasteiger partial charge in [-0.3, -0.25) is 4.90 Å². The van der Waals surface area contributed by atoms with Crippen LogP contribution in [-0.2, 0) is 6.42 Å². The van der Waals surface area contributed by atoms with Gasteiger partial charge >= 0.3 is 0 Å². The Balaban J connectivity index is 1.61. The maximum absolute atomic E-state index is 6.00. The average molecular weight is 247 g/mol. The first-order chi connectivity index (χ1) is 8.86. The summed E-state index contributed by atoms with van der Waals surface area (Å²) in [7, 11) is 0. The number of fused-ring (bicyclic) bond motifs is 1. The average Bonchev–Trinajstić information content (AvgIpc) is 2.81. The first-order valence-electron chi connectivity index (χ1n) is 6.76. The lowest BCUT2D eigenvalue weighted by molar-refractivity contribution is 0.101. The molecule has 2 heterocycles. The van der Waals surface area contributed by atoms with E-state index in [-0.39, 0.29) is 6.10 Å². The molecule has 0 amide bonds. The molecule has 0 aliphatic carbocycles. The summed E-state index contributed by atoms with van der Waals surface area (Å²) >= 11 is 0. The number of piperazine rings is 1. The predicted molar refractivity (Wildman–Crippen MR) is 71.8 cm³/mol. The fraction of sp³-hybridized carbons (Fsp3) is 0.571. The fourth-order valence-electron chi connectivity index (χ4n) is 2.89. The van der Waals surface area contributed by atoms with Crippen molar-refractivity contribution in [3.63, 3.8) is 0 Å². The molecule has 0 radical (unpaired) electrons. The molecule has 2 aliphatic heterocycles. The van der Waals surface area contributed by atoms with Gasteiger partial charge in [0, 0.05) is 45.2 Å². The third-order valence-electron chi connectivity index (χ3n) is 3.90. The van der Waals surface area contributed by atoms with Crippen LogP contribution in [0.2, 0.25) is 0 Å². The van der Waals surface area contributed by atoms with Gasteiger partial charge in [-0.05, 0) is 11.6 Å². The molecule has 2 aliphatic rings. The Morgan fingerprint density at radius 2 is 2.28 bits per heavy atom. The smallest absolute Gasteiger partial charge is 0.123 e. The highest BCUT2D eigenvalue weighted by Crippen LogP contribution is 2.28. The van der Waals surface area contributed by atoms with E-state index in [1.165, 1.54) is 5.56 Å². The van der Waals surface area contributed by atoms with Gasteiger partial charge in [-0.2, -0.15) is 0 Å². The van der Waals surface area contributed by atoms with E-state index < -0.39 is 0 Å². The first-order valence-corrected chi connectivity index (χ1v) is 6.76. The highest BCUT2D eigenvalue weighted by atomic mass is 16.5. The maximum atomic E-state index is 6.00. The summed E-state index contributed by atoms with van der Waals surface area (Å²) in [6.45, 7) is 4.81. The Morgan fingerprint density at radius 1 is 1.39 bits per heavy atom. The van der Waals surface area contributed by atoms with Gasteiger partial charge in [-0.15, -0.1) is 0 Å². The van der Waals surface area contributed by atoms with Crippen molar-refractivity contribution < 1.29 is 4.74 Å². The van der Waals surface area contributed by atoms with Gasteiger partial charge in [0.1, 0.15) is 11.9 Å². The van der Waals surface area contributed by atoms with E-state index in [0.29, 0.717) is 12.6 Å². The van der Waals surface area contributed by atoms with Crippen LogP contribution < -0.4 is 15.8 Å². The van der Waals surface area contributed by atoms with Gasteiger partial charge in [-0.1, -0.05) is 18.2 Å². The molecule has 0 spiro atoms. The van der Waals surface area contributed by atoms with E-state index in [9.17, 15) is 0 Å². The Kier molecular flexibility index (Phi) is 3.50. The molecule has 0 aromatic heterocycles. The van der Waals surface area contributed by atoms with Crippen molar-refractivity contribution in [1.82, 2.24) is 10.2 Å². The molecular formula is C14H21N3O. The number of hydrogen-bond donors (Lipinski definition) is 2. The summed E-state index contributed by atoms with van der Waals surface area (Å²) in [5.74, 6) is 1.06. The minimum Gasteiger partial charge on any atom is -0.488 e. The minimum absolute atomic E-state index is 0.287. The number of para-hydroxylation sites is 1. The molecule has 2 unspecified atom stereocenters. The third kappa shape index (κ3) is 2.36. The zero-order valence-corrected chi connectivity index (χ0v) is 10.6. The number of ether oxygens (including phenoxy) is 1. The third-order valence-corrected chi connectivity index (χ3v) is 3.90. The van der Waals surface area contributed by atoms with Crippen molar-refractivity contribution >= 4 is 0 Å². The molecule has 98 valence electrons. The van der Waals surface area contributed by atoms with Crippen molar-refractivity contribution in [1.29, 1.82) is 0 Å². The number of rotatable bonds is 3. The van der Waals surface area contributed by atoms with Crippen molar-refractivity contribution in [3.8, 4) is 5.75 Å². The largest absolute Gasteiger partial charge is 0.488 e. The van der Waals surface area contributed by atoms with Crippen LogP contribution in [0.5, 0.6) is 5.75 Å². The summed E-state index contributed by atoms with van der Waals surface area (Å²) in [6, 6.07) is 8.79. The molecule has 0 saturated carbocycles. The fourth-order valence-corrected chi connectivity index (χ4v) is 2.89. The van der Waals surface area contributed by atoms with Crippen LogP contribution in [0.1, 0.15) is 5.56 Å². The summed E-state index contributed by atoms with van der Waals surface area (Å²) in [4.78, 5) is 2.47. The molecule has 1 aromatic rings. The number of hydrogen-bond acceptors (Lipinski definition) is 4. The van der Waals surface area contributed by atoms with Crippen LogP contribution in [-0.4, -0.2) is 49.8 Å². The van der Waals surface area contributed by atoms with Crippen molar-refractivity contribution in [2.24, 2.45) is 5.73 Å².